The van der Waals surface area contributed by atoms with E-state index in [1.54, 1.807) is 0 Å². The van der Waals surface area contributed by atoms with Gasteiger partial charge in [0.05, 0.1) is 18.3 Å². The van der Waals surface area contributed by atoms with E-state index in [1.165, 1.54) is 24.8 Å². The Balaban J connectivity index is 1.93. The van der Waals surface area contributed by atoms with Crippen molar-refractivity contribution in [2.75, 3.05) is 13.2 Å². The first-order valence-corrected chi connectivity index (χ1v) is 9.64. The maximum Gasteiger partial charge on any atom is 0.338 e. The summed E-state index contributed by atoms with van der Waals surface area (Å²) in [6.45, 7) is 7.33. The fourth-order valence-corrected chi connectivity index (χ4v) is 2.84. The van der Waals surface area contributed by atoms with Crippen LogP contribution < -0.4 is 0 Å². The SMILES string of the molecule is CCCCCCOC(C)c1ccc(-c2ccc(C(=O)OCC)cc2)cc1. The van der Waals surface area contributed by atoms with Crippen LogP contribution in [0.25, 0.3) is 11.1 Å². The topological polar surface area (TPSA) is 35.5 Å². The Morgan fingerprint density at radius 1 is 0.885 bits per heavy atom. The Morgan fingerprint density at radius 3 is 2.08 bits per heavy atom. The Morgan fingerprint density at radius 2 is 1.50 bits per heavy atom. The smallest absolute Gasteiger partial charge is 0.338 e. The second-order valence-corrected chi connectivity index (χ2v) is 6.49. The molecule has 1 unspecified atom stereocenters. The van der Waals surface area contributed by atoms with E-state index in [0.717, 1.165) is 24.2 Å². The maximum atomic E-state index is 11.7. The molecule has 2 rings (SSSR count). The zero-order valence-electron chi connectivity index (χ0n) is 16.2. The van der Waals surface area contributed by atoms with Crippen molar-refractivity contribution in [1.29, 1.82) is 0 Å². The molecule has 26 heavy (non-hydrogen) atoms. The van der Waals surface area contributed by atoms with Gasteiger partial charge >= 0.3 is 5.97 Å². The molecule has 0 N–H and O–H groups in total. The molecule has 0 aliphatic heterocycles. The molecular formula is C23H30O3. The number of hydrogen-bond acceptors (Lipinski definition) is 3. The van der Waals surface area contributed by atoms with E-state index in [-0.39, 0.29) is 12.1 Å². The monoisotopic (exact) mass is 354 g/mol. The van der Waals surface area contributed by atoms with Gasteiger partial charge in [-0.15, -0.1) is 0 Å². The highest BCUT2D eigenvalue weighted by Crippen LogP contribution is 2.24. The largest absolute Gasteiger partial charge is 0.462 e. The summed E-state index contributed by atoms with van der Waals surface area (Å²) >= 11 is 0. The summed E-state index contributed by atoms with van der Waals surface area (Å²) in [6, 6.07) is 16.0. The second kappa shape index (κ2) is 10.8. The first kappa shape index (κ1) is 20.2. The number of esters is 1. The van der Waals surface area contributed by atoms with Crippen LogP contribution in [0.5, 0.6) is 0 Å². The third-order valence-corrected chi connectivity index (χ3v) is 4.48. The zero-order valence-corrected chi connectivity index (χ0v) is 16.2. The van der Waals surface area contributed by atoms with Gasteiger partial charge in [0.25, 0.3) is 0 Å². The molecule has 2 aromatic rings. The molecule has 0 fully saturated rings. The summed E-state index contributed by atoms with van der Waals surface area (Å²) in [5.41, 5.74) is 3.97. The number of ether oxygens (including phenoxy) is 2. The molecule has 0 aromatic heterocycles. The summed E-state index contributed by atoms with van der Waals surface area (Å²) in [6.07, 6.45) is 5.00. The van der Waals surface area contributed by atoms with Crippen LogP contribution in [0.1, 0.15) is 68.5 Å². The molecule has 0 aliphatic carbocycles. The summed E-state index contributed by atoms with van der Waals surface area (Å²) in [7, 11) is 0. The van der Waals surface area contributed by atoms with Crippen LogP contribution >= 0.6 is 0 Å². The molecule has 3 nitrogen and oxygen atoms in total. The van der Waals surface area contributed by atoms with Gasteiger partial charge in [-0.2, -0.15) is 0 Å². The van der Waals surface area contributed by atoms with E-state index in [0.29, 0.717) is 12.2 Å². The second-order valence-electron chi connectivity index (χ2n) is 6.49. The Hall–Kier alpha value is -2.13. The summed E-state index contributed by atoms with van der Waals surface area (Å²) < 4.78 is 11.0. The van der Waals surface area contributed by atoms with E-state index >= 15 is 0 Å². The third kappa shape index (κ3) is 5.99. The fraction of sp³-hybridized carbons (Fsp3) is 0.435. The van der Waals surface area contributed by atoms with E-state index in [4.69, 9.17) is 9.47 Å². The minimum atomic E-state index is -0.278. The van der Waals surface area contributed by atoms with Gasteiger partial charge in [0.2, 0.25) is 0 Å². The highest BCUT2D eigenvalue weighted by molar-refractivity contribution is 5.90. The van der Waals surface area contributed by atoms with Crippen molar-refractivity contribution in [1.82, 2.24) is 0 Å². The molecule has 0 spiro atoms. The molecular weight excluding hydrogens is 324 g/mol. The molecule has 0 heterocycles. The first-order chi connectivity index (χ1) is 12.7. The van der Waals surface area contributed by atoms with Gasteiger partial charge in [-0.25, -0.2) is 4.79 Å². The number of benzene rings is 2. The Kier molecular flexibility index (Phi) is 8.36. The standard InChI is InChI=1S/C23H30O3/c1-4-6-7-8-17-26-18(3)19-9-11-20(12-10-19)21-13-15-22(16-14-21)23(24)25-5-2/h9-16,18H,4-8,17H2,1-3H3. The normalized spacial score (nSPS) is 12.0. The molecule has 0 aliphatic rings. The molecule has 140 valence electrons. The molecule has 0 bridgehead atoms. The van der Waals surface area contributed by atoms with Crippen LogP contribution in [0.15, 0.2) is 48.5 Å². The van der Waals surface area contributed by atoms with Gasteiger partial charge in [0, 0.05) is 6.61 Å². The van der Waals surface area contributed by atoms with E-state index in [9.17, 15) is 4.79 Å². The minimum Gasteiger partial charge on any atom is -0.462 e. The quantitative estimate of drug-likeness (QED) is 0.377. The molecule has 0 saturated carbocycles. The average molecular weight is 354 g/mol. The van der Waals surface area contributed by atoms with Crippen molar-refractivity contribution in [2.24, 2.45) is 0 Å². The van der Waals surface area contributed by atoms with Gasteiger partial charge in [0.1, 0.15) is 0 Å². The lowest BCUT2D eigenvalue weighted by atomic mass is 10.0. The Bertz CT molecular complexity index is 659. The van der Waals surface area contributed by atoms with Gasteiger partial charge in [-0.05, 0) is 49.1 Å². The highest BCUT2D eigenvalue weighted by atomic mass is 16.5. The maximum absolute atomic E-state index is 11.7. The van der Waals surface area contributed by atoms with Crippen LogP contribution in [0.4, 0.5) is 0 Å². The lowest BCUT2D eigenvalue weighted by Crippen LogP contribution is -2.04. The van der Waals surface area contributed by atoms with Crippen LogP contribution in [0.2, 0.25) is 0 Å². The predicted molar refractivity (Wildman–Crippen MR) is 106 cm³/mol. The van der Waals surface area contributed by atoms with Crippen LogP contribution in [-0.4, -0.2) is 19.2 Å². The molecule has 3 heteroatoms. The lowest BCUT2D eigenvalue weighted by molar-refractivity contribution is 0.0526. The molecule has 0 saturated heterocycles. The number of hydrogen-bond donors (Lipinski definition) is 0. The van der Waals surface area contributed by atoms with Crippen molar-refractivity contribution >= 4 is 5.97 Å². The third-order valence-electron chi connectivity index (χ3n) is 4.48. The number of rotatable bonds is 10. The van der Waals surface area contributed by atoms with Crippen molar-refractivity contribution in [3.63, 3.8) is 0 Å². The van der Waals surface area contributed by atoms with Gasteiger partial charge in [-0.3, -0.25) is 0 Å². The highest BCUT2D eigenvalue weighted by Gasteiger charge is 2.08. The number of carbonyl (C=O) groups is 1. The van der Waals surface area contributed by atoms with Crippen LogP contribution in [-0.2, 0) is 9.47 Å². The van der Waals surface area contributed by atoms with Crippen molar-refractivity contribution in [3.8, 4) is 11.1 Å². The average Bonchev–Trinajstić information content (AvgIpc) is 2.68. The van der Waals surface area contributed by atoms with E-state index in [1.807, 2.05) is 31.2 Å². The molecule has 0 radical (unpaired) electrons. The van der Waals surface area contributed by atoms with E-state index in [2.05, 4.69) is 38.1 Å². The van der Waals surface area contributed by atoms with Gasteiger partial charge in [0.15, 0.2) is 0 Å². The number of carbonyl (C=O) groups excluding carboxylic acids is 1. The summed E-state index contributed by atoms with van der Waals surface area (Å²) in [5, 5.41) is 0. The van der Waals surface area contributed by atoms with Crippen LogP contribution in [0.3, 0.4) is 0 Å². The van der Waals surface area contributed by atoms with Crippen molar-refractivity contribution < 1.29 is 14.3 Å². The first-order valence-electron chi connectivity index (χ1n) is 9.64. The zero-order chi connectivity index (χ0) is 18.8. The van der Waals surface area contributed by atoms with Crippen LogP contribution in [0, 0.1) is 0 Å². The number of unbranched alkanes of at least 4 members (excludes halogenated alkanes) is 3. The molecule has 2 aromatic carbocycles. The van der Waals surface area contributed by atoms with Gasteiger partial charge in [-0.1, -0.05) is 62.6 Å². The lowest BCUT2D eigenvalue weighted by Gasteiger charge is -2.14. The summed E-state index contributed by atoms with van der Waals surface area (Å²) in [5.74, 6) is -0.278. The summed E-state index contributed by atoms with van der Waals surface area (Å²) in [4.78, 5) is 11.7. The Labute approximate surface area is 157 Å². The van der Waals surface area contributed by atoms with E-state index < -0.39 is 0 Å². The van der Waals surface area contributed by atoms with Crippen molar-refractivity contribution in [2.45, 2.75) is 52.6 Å². The molecule has 0 amide bonds. The predicted octanol–water partition coefficient (Wildman–Crippen LogP) is 6.19. The fourth-order valence-electron chi connectivity index (χ4n) is 2.84. The minimum absolute atomic E-state index is 0.108. The van der Waals surface area contributed by atoms with Gasteiger partial charge < -0.3 is 9.47 Å². The van der Waals surface area contributed by atoms with Crippen molar-refractivity contribution in [3.05, 3.63) is 59.7 Å². The molecule has 1 atom stereocenters.